The Morgan fingerprint density at radius 3 is 2.21 bits per heavy atom. The van der Waals surface area contributed by atoms with Gasteiger partial charge in [0.05, 0.1) is 6.61 Å². The minimum absolute atomic E-state index is 0.223. The molecule has 0 saturated carbocycles. The Morgan fingerprint density at radius 1 is 1.21 bits per heavy atom. The van der Waals surface area contributed by atoms with Crippen LogP contribution < -0.4 is 4.74 Å². The van der Waals surface area contributed by atoms with E-state index in [9.17, 15) is 8.78 Å². The van der Waals surface area contributed by atoms with E-state index in [1.54, 1.807) is 24.3 Å². The minimum atomic E-state index is -2.65. The van der Waals surface area contributed by atoms with E-state index in [0.717, 1.165) is 12.7 Å². The number of benzene rings is 1. The van der Waals surface area contributed by atoms with E-state index in [0.29, 0.717) is 12.2 Å². The zero-order valence-corrected chi connectivity index (χ0v) is 8.39. The number of rotatable bonds is 4. The van der Waals surface area contributed by atoms with Gasteiger partial charge in [0.2, 0.25) is 5.92 Å². The fourth-order valence-corrected chi connectivity index (χ4v) is 1.23. The Bertz CT molecular complexity index is 274. The van der Waals surface area contributed by atoms with Crippen LogP contribution in [0.1, 0.15) is 19.4 Å². The van der Waals surface area contributed by atoms with Gasteiger partial charge in [0, 0.05) is 6.42 Å². The molecule has 0 heterocycles. The van der Waals surface area contributed by atoms with Gasteiger partial charge in [-0.15, -0.1) is 0 Å². The molecule has 0 aliphatic heterocycles. The molecule has 0 aliphatic carbocycles. The molecule has 1 aromatic rings. The summed E-state index contributed by atoms with van der Waals surface area (Å²) in [5.41, 5.74) is 0.626. The summed E-state index contributed by atoms with van der Waals surface area (Å²) in [6, 6.07) is 6.76. The average molecular weight is 200 g/mol. The van der Waals surface area contributed by atoms with E-state index in [-0.39, 0.29) is 6.42 Å². The van der Waals surface area contributed by atoms with Gasteiger partial charge < -0.3 is 4.74 Å². The molecule has 1 nitrogen and oxygen atoms in total. The Hall–Kier alpha value is -1.12. The second-order valence-corrected chi connectivity index (χ2v) is 3.32. The molecule has 0 saturated heterocycles. The van der Waals surface area contributed by atoms with Gasteiger partial charge in [0.25, 0.3) is 0 Å². The number of alkyl halides is 2. The van der Waals surface area contributed by atoms with Crippen LogP contribution in [0.5, 0.6) is 5.75 Å². The summed E-state index contributed by atoms with van der Waals surface area (Å²) in [6.45, 7) is 3.39. The molecule has 0 atom stereocenters. The Morgan fingerprint density at radius 2 is 1.79 bits per heavy atom. The summed E-state index contributed by atoms with van der Waals surface area (Å²) < 4.78 is 30.5. The summed E-state index contributed by atoms with van der Waals surface area (Å²) in [6.07, 6.45) is -0.223. The zero-order chi connectivity index (χ0) is 10.6. The Kier molecular flexibility index (Phi) is 3.44. The number of hydrogen-bond donors (Lipinski definition) is 0. The van der Waals surface area contributed by atoms with E-state index in [2.05, 4.69) is 0 Å². The fraction of sp³-hybridized carbons (Fsp3) is 0.455. The third-order valence-electron chi connectivity index (χ3n) is 1.75. The topological polar surface area (TPSA) is 9.23 Å². The molecule has 78 valence electrons. The third-order valence-corrected chi connectivity index (χ3v) is 1.75. The van der Waals surface area contributed by atoms with Crippen LogP contribution >= 0.6 is 0 Å². The van der Waals surface area contributed by atoms with Crippen LogP contribution in [0.2, 0.25) is 0 Å². The highest BCUT2D eigenvalue weighted by atomic mass is 19.3. The van der Waals surface area contributed by atoms with Crippen molar-refractivity contribution in [3.05, 3.63) is 29.8 Å². The van der Waals surface area contributed by atoms with Crippen LogP contribution in [0, 0.1) is 0 Å². The maximum absolute atomic E-state index is 12.6. The largest absolute Gasteiger partial charge is 0.494 e. The number of halogens is 2. The lowest BCUT2D eigenvalue weighted by molar-refractivity contribution is 0.0226. The van der Waals surface area contributed by atoms with Crippen molar-refractivity contribution in [2.75, 3.05) is 6.61 Å². The van der Waals surface area contributed by atoms with Crippen LogP contribution in [0.3, 0.4) is 0 Å². The molecular formula is C11H14F2O. The van der Waals surface area contributed by atoms with E-state index in [1.165, 1.54) is 0 Å². The highest BCUT2D eigenvalue weighted by molar-refractivity contribution is 5.27. The van der Waals surface area contributed by atoms with Crippen molar-refractivity contribution in [3.63, 3.8) is 0 Å². The number of hydrogen-bond acceptors (Lipinski definition) is 1. The first-order valence-corrected chi connectivity index (χ1v) is 4.61. The smallest absolute Gasteiger partial charge is 0.249 e. The van der Waals surface area contributed by atoms with Gasteiger partial charge in [0.15, 0.2) is 0 Å². The first-order valence-electron chi connectivity index (χ1n) is 4.61. The van der Waals surface area contributed by atoms with Gasteiger partial charge in [0.1, 0.15) is 5.75 Å². The molecule has 0 amide bonds. The van der Waals surface area contributed by atoms with Crippen LogP contribution in [-0.2, 0) is 6.42 Å². The second kappa shape index (κ2) is 4.40. The molecule has 0 aliphatic rings. The molecule has 14 heavy (non-hydrogen) atoms. The lowest BCUT2D eigenvalue weighted by Crippen LogP contribution is -2.13. The quantitative estimate of drug-likeness (QED) is 0.724. The lowest BCUT2D eigenvalue weighted by Gasteiger charge is -2.10. The predicted octanol–water partition coefficient (Wildman–Crippen LogP) is 3.28. The predicted molar refractivity (Wildman–Crippen MR) is 51.9 cm³/mol. The van der Waals surface area contributed by atoms with Gasteiger partial charge in [-0.1, -0.05) is 12.1 Å². The SMILES string of the molecule is CCOc1ccc(CC(C)(F)F)cc1. The van der Waals surface area contributed by atoms with Crippen molar-refractivity contribution in [3.8, 4) is 5.75 Å². The molecule has 0 unspecified atom stereocenters. The summed E-state index contributed by atoms with van der Waals surface area (Å²) in [5, 5.41) is 0. The van der Waals surface area contributed by atoms with Gasteiger partial charge in [-0.2, -0.15) is 0 Å². The van der Waals surface area contributed by atoms with Crippen molar-refractivity contribution >= 4 is 0 Å². The van der Waals surface area contributed by atoms with Crippen LogP contribution in [0.25, 0.3) is 0 Å². The van der Waals surface area contributed by atoms with Gasteiger partial charge >= 0.3 is 0 Å². The van der Waals surface area contributed by atoms with Crippen LogP contribution in [-0.4, -0.2) is 12.5 Å². The summed E-state index contributed by atoms with van der Waals surface area (Å²) in [5.74, 6) is -1.93. The minimum Gasteiger partial charge on any atom is -0.494 e. The molecule has 0 radical (unpaired) electrons. The second-order valence-electron chi connectivity index (χ2n) is 3.32. The molecule has 0 aromatic heterocycles. The Labute approximate surface area is 82.7 Å². The lowest BCUT2D eigenvalue weighted by atomic mass is 10.1. The van der Waals surface area contributed by atoms with Crippen molar-refractivity contribution in [1.29, 1.82) is 0 Å². The highest BCUT2D eigenvalue weighted by Gasteiger charge is 2.21. The van der Waals surface area contributed by atoms with Crippen molar-refractivity contribution in [1.82, 2.24) is 0 Å². The maximum Gasteiger partial charge on any atom is 0.249 e. The van der Waals surface area contributed by atoms with Gasteiger partial charge in [-0.05, 0) is 31.5 Å². The van der Waals surface area contributed by atoms with E-state index < -0.39 is 5.92 Å². The first kappa shape index (κ1) is 11.0. The molecule has 1 rings (SSSR count). The molecule has 1 aromatic carbocycles. The summed E-state index contributed by atoms with van der Waals surface area (Å²) >= 11 is 0. The van der Waals surface area contributed by atoms with E-state index >= 15 is 0 Å². The normalized spacial score (nSPS) is 11.4. The highest BCUT2D eigenvalue weighted by Crippen LogP contribution is 2.20. The summed E-state index contributed by atoms with van der Waals surface area (Å²) in [4.78, 5) is 0. The monoisotopic (exact) mass is 200 g/mol. The van der Waals surface area contributed by atoms with Crippen molar-refractivity contribution in [2.45, 2.75) is 26.2 Å². The molecule has 3 heteroatoms. The van der Waals surface area contributed by atoms with Crippen LogP contribution in [0.4, 0.5) is 8.78 Å². The fourth-order valence-electron chi connectivity index (χ4n) is 1.23. The van der Waals surface area contributed by atoms with Crippen molar-refractivity contribution < 1.29 is 13.5 Å². The zero-order valence-electron chi connectivity index (χ0n) is 8.39. The molecule has 0 N–H and O–H groups in total. The number of ether oxygens (including phenoxy) is 1. The first-order chi connectivity index (χ1) is 6.51. The standard InChI is InChI=1S/C11H14F2O/c1-3-14-10-6-4-9(5-7-10)8-11(2,12)13/h4-7H,3,8H2,1-2H3. The molecular weight excluding hydrogens is 186 g/mol. The van der Waals surface area contributed by atoms with Crippen LogP contribution in [0.15, 0.2) is 24.3 Å². The molecule has 0 spiro atoms. The van der Waals surface area contributed by atoms with E-state index in [1.807, 2.05) is 6.92 Å². The third kappa shape index (κ3) is 3.73. The van der Waals surface area contributed by atoms with Gasteiger partial charge in [-0.3, -0.25) is 0 Å². The van der Waals surface area contributed by atoms with Crippen molar-refractivity contribution in [2.24, 2.45) is 0 Å². The average Bonchev–Trinajstić information content (AvgIpc) is 2.06. The molecule has 0 fully saturated rings. The molecule has 0 bridgehead atoms. The van der Waals surface area contributed by atoms with Gasteiger partial charge in [-0.25, -0.2) is 8.78 Å². The van der Waals surface area contributed by atoms with E-state index in [4.69, 9.17) is 4.74 Å². The Balaban J connectivity index is 2.64. The summed E-state index contributed by atoms with van der Waals surface area (Å²) in [7, 11) is 0. The maximum atomic E-state index is 12.6.